The smallest absolute Gasteiger partial charge is 0.0423 e. The summed E-state index contributed by atoms with van der Waals surface area (Å²) in [6, 6.07) is 8.65. The Bertz CT molecular complexity index is 427. The molecule has 1 aromatic carbocycles. The van der Waals surface area contributed by atoms with Crippen molar-refractivity contribution in [2.24, 2.45) is 0 Å². The van der Waals surface area contributed by atoms with Crippen LogP contribution in [0.15, 0.2) is 35.5 Å². The molecule has 0 saturated carbocycles. The summed E-state index contributed by atoms with van der Waals surface area (Å²) >= 11 is 0. The molecule has 0 aliphatic carbocycles. The zero-order chi connectivity index (χ0) is 11.8. The van der Waals surface area contributed by atoms with Crippen LogP contribution in [0.1, 0.15) is 46.1 Å². The first-order chi connectivity index (χ1) is 7.61. The molecule has 1 heterocycles. The second kappa shape index (κ2) is 3.97. The molecule has 1 nitrogen and oxygen atoms in total. The molecule has 16 heavy (non-hydrogen) atoms. The van der Waals surface area contributed by atoms with Gasteiger partial charge in [0.15, 0.2) is 0 Å². The number of benzene rings is 1. The Morgan fingerprint density at radius 3 is 2.38 bits per heavy atom. The van der Waals surface area contributed by atoms with Gasteiger partial charge in [0.1, 0.15) is 0 Å². The third kappa shape index (κ3) is 1.55. The molecule has 0 radical (unpaired) electrons. The number of allylic oxidation sites excluding steroid dienone is 2. The largest absolute Gasteiger partial charge is 0.359 e. The Morgan fingerprint density at radius 1 is 1.06 bits per heavy atom. The third-order valence-corrected chi connectivity index (χ3v) is 3.71. The van der Waals surface area contributed by atoms with Gasteiger partial charge in [0.05, 0.1) is 0 Å². The van der Waals surface area contributed by atoms with Gasteiger partial charge in [-0.25, -0.2) is 0 Å². The van der Waals surface area contributed by atoms with E-state index in [1.165, 1.54) is 16.9 Å². The molecule has 1 aromatic rings. The second-order valence-electron chi connectivity index (χ2n) is 4.96. The van der Waals surface area contributed by atoms with Crippen LogP contribution in [-0.4, -0.2) is 0 Å². The number of nitrogens with one attached hydrogen (secondary N) is 1. The van der Waals surface area contributed by atoms with Crippen LogP contribution in [-0.2, 0) is 5.41 Å². The number of rotatable bonds is 2. The molecule has 1 heteroatoms. The van der Waals surface area contributed by atoms with Gasteiger partial charge in [0.25, 0.3) is 0 Å². The van der Waals surface area contributed by atoms with Crippen LogP contribution in [0.4, 0.5) is 5.69 Å². The number of hydrogen-bond acceptors (Lipinski definition) is 1. The fraction of sp³-hybridized carbons (Fsp3) is 0.467. The summed E-state index contributed by atoms with van der Waals surface area (Å²) < 4.78 is 0. The van der Waals surface area contributed by atoms with E-state index < -0.39 is 0 Å². The van der Waals surface area contributed by atoms with Gasteiger partial charge < -0.3 is 5.32 Å². The van der Waals surface area contributed by atoms with Gasteiger partial charge in [0, 0.05) is 16.8 Å². The highest BCUT2D eigenvalue weighted by Gasteiger charge is 2.32. The molecule has 0 saturated heterocycles. The fourth-order valence-electron chi connectivity index (χ4n) is 2.87. The van der Waals surface area contributed by atoms with Gasteiger partial charge in [-0.1, -0.05) is 45.9 Å². The van der Waals surface area contributed by atoms with E-state index in [0.717, 1.165) is 12.8 Å². The van der Waals surface area contributed by atoms with Gasteiger partial charge in [0.2, 0.25) is 0 Å². The number of anilines is 1. The van der Waals surface area contributed by atoms with Gasteiger partial charge in [-0.05, 0) is 30.0 Å². The third-order valence-electron chi connectivity index (χ3n) is 3.71. The summed E-state index contributed by atoms with van der Waals surface area (Å²) in [5.74, 6) is 0. The first kappa shape index (κ1) is 11.3. The predicted octanol–water partition coefficient (Wildman–Crippen LogP) is 4.46. The molecule has 0 spiro atoms. The van der Waals surface area contributed by atoms with E-state index in [1.54, 1.807) is 5.57 Å². The van der Waals surface area contributed by atoms with Crippen molar-refractivity contribution in [2.45, 2.75) is 46.0 Å². The van der Waals surface area contributed by atoms with E-state index >= 15 is 0 Å². The van der Waals surface area contributed by atoms with E-state index in [-0.39, 0.29) is 5.41 Å². The molecular weight excluding hydrogens is 194 g/mol. The van der Waals surface area contributed by atoms with Crippen LogP contribution >= 0.6 is 0 Å². The lowest BCUT2D eigenvalue weighted by Crippen LogP contribution is -2.29. The van der Waals surface area contributed by atoms with Crippen LogP contribution in [0, 0.1) is 0 Å². The molecule has 1 aliphatic rings. The van der Waals surface area contributed by atoms with Crippen LogP contribution in [0.2, 0.25) is 0 Å². The maximum atomic E-state index is 3.58. The maximum Gasteiger partial charge on any atom is 0.0423 e. The van der Waals surface area contributed by atoms with Gasteiger partial charge in [-0.2, -0.15) is 0 Å². The van der Waals surface area contributed by atoms with Crippen LogP contribution in [0.3, 0.4) is 0 Å². The molecule has 0 unspecified atom stereocenters. The summed E-state index contributed by atoms with van der Waals surface area (Å²) in [6.45, 7) is 9.15. The Labute approximate surface area is 98.6 Å². The molecule has 0 fully saturated rings. The maximum absolute atomic E-state index is 3.58. The highest BCUT2D eigenvalue weighted by atomic mass is 14.9. The topological polar surface area (TPSA) is 12.0 Å². The summed E-state index contributed by atoms with van der Waals surface area (Å²) in [4.78, 5) is 0. The summed E-state index contributed by atoms with van der Waals surface area (Å²) in [7, 11) is 0. The molecule has 0 aromatic heterocycles. The van der Waals surface area contributed by atoms with Crippen LogP contribution < -0.4 is 5.32 Å². The molecular formula is C15H21N. The monoisotopic (exact) mass is 215 g/mol. The molecule has 0 atom stereocenters. The Kier molecular flexibility index (Phi) is 2.79. The molecule has 1 N–H and O–H groups in total. The van der Waals surface area contributed by atoms with Gasteiger partial charge in [-0.3, -0.25) is 0 Å². The normalized spacial score (nSPS) is 18.0. The van der Waals surface area contributed by atoms with Crippen molar-refractivity contribution in [1.82, 2.24) is 0 Å². The predicted molar refractivity (Wildman–Crippen MR) is 70.7 cm³/mol. The first-order valence-electron chi connectivity index (χ1n) is 6.20. The second-order valence-corrected chi connectivity index (χ2v) is 4.96. The van der Waals surface area contributed by atoms with Crippen molar-refractivity contribution < 1.29 is 0 Å². The van der Waals surface area contributed by atoms with E-state index in [1.807, 2.05) is 0 Å². The average molecular weight is 215 g/mol. The SMILES string of the molecule is CCC1=C(CC)C(C)(C)c2ccccc2N1. The standard InChI is InChI=1S/C15H21N/c1-5-11-13(6-2)16-14-10-8-7-9-12(14)15(11,3)4/h7-10,16H,5-6H2,1-4H3. The minimum atomic E-state index is 0.169. The summed E-state index contributed by atoms with van der Waals surface area (Å²) in [6.07, 6.45) is 2.21. The quantitative estimate of drug-likeness (QED) is 0.767. The Morgan fingerprint density at radius 2 is 1.75 bits per heavy atom. The van der Waals surface area contributed by atoms with Crippen molar-refractivity contribution >= 4 is 5.69 Å². The van der Waals surface area contributed by atoms with Gasteiger partial charge >= 0.3 is 0 Å². The molecule has 0 bridgehead atoms. The fourth-order valence-corrected chi connectivity index (χ4v) is 2.87. The Hall–Kier alpha value is -1.24. The molecule has 1 aliphatic heterocycles. The molecule has 86 valence electrons. The van der Waals surface area contributed by atoms with Crippen molar-refractivity contribution in [3.63, 3.8) is 0 Å². The zero-order valence-electron chi connectivity index (χ0n) is 10.7. The lowest BCUT2D eigenvalue weighted by atomic mass is 9.72. The summed E-state index contributed by atoms with van der Waals surface area (Å²) in [5, 5.41) is 3.58. The van der Waals surface area contributed by atoms with Gasteiger partial charge in [-0.15, -0.1) is 0 Å². The highest BCUT2D eigenvalue weighted by molar-refractivity contribution is 5.64. The van der Waals surface area contributed by atoms with Crippen LogP contribution in [0.25, 0.3) is 0 Å². The van der Waals surface area contributed by atoms with Crippen molar-refractivity contribution in [2.75, 3.05) is 5.32 Å². The van der Waals surface area contributed by atoms with Crippen molar-refractivity contribution in [3.05, 3.63) is 41.1 Å². The van der Waals surface area contributed by atoms with E-state index in [9.17, 15) is 0 Å². The minimum absolute atomic E-state index is 0.169. The minimum Gasteiger partial charge on any atom is -0.359 e. The number of hydrogen-bond donors (Lipinski definition) is 1. The molecule has 2 rings (SSSR count). The van der Waals surface area contributed by atoms with E-state index in [2.05, 4.69) is 57.3 Å². The van der Waals surface area contributed by atoms with Crippen molar-refractivity contribution in [3.8, 4) is 0 Å². The number of para-hydroxylation sites is 1. The summed E-state index contributed by atoms with van der Waals surface area (Å²) in [5.41, 5.74) is 5.83. The Balaban J connectivity index is 2.59. The lowest BCUT2D eigenvalue weighted by Gasteiger charge is -2.37. The van der Waals surface area contributed by atoms with E-state index in [0.29, 0.717) is 0 Å². The highest BCUT2D eigenvalue weighted by Crippen LogP contribution is 2.43. The first-order valence-corrected chi connectivity index (χ1v) is 6.20. The average Bonchev–Trinajstić information content (AvgIpc) is 2.28. The van der Waals surface area contributed by atoms with Crippen molar-refractivity contribution in [1.29, 1.82) is 0 Å². The molecule has 0 amide bonds. The van der Waals surface area contributed by atoms with Crippen LogP contribution in [0.5, 0.6) is 0 Å². The van der Waals surface area contributed by atoms with E-state index in [4.69, 9.17) is 0 Å². The number of fused-ring (bicyclic) bond motifs is 1. The lowest BCUT2D eigenvalue weighted by molar-refractivity contribution is 0.583. The zero-order valence-corrected chi connectivity index (χ0v) is 10.7.